The number of carbonyl (C=O) groups is 1. The molecule has 1 amide bonds. The summed E-state index contributed by atoms with van der Waals surface area (Å²) in [6, 6.07) is 35.9. The van der Waals surface area contributed by atoms with Crippen molar-refractivity contribution in [3.63, 3.8) is 0 Å². The maximum atomic E-state index is 12.4. The molecule has 0 aliphatic heterocycles. The second kappa shape index (κ2) is 10.3. The first-order valence-electron chi connectivity index (χ1n) is 10.6. The number of anilines is 1. The van der Waals surface area contributed by atoms with E-state index in [9.17, 15) is 4.79 Å². The fraction of sp³-hybridized carbons (Fsp3) is 0.107. The molecule has 0 bridgehead atoms. The van der Waals surface area contributed by atoms with E-state index in [2.05, 4.69) is 29.2 Å². The number of carbonyl (C=O) groups excluding carboxylic acids is 1. The third-order valence-corrected chi connectivity index (χ3v) is 5.26. The second-order valence-electron chi connectivity index (χ2n) is 7.64. The highest BCUT2D eigenvalue weighted by atomic mass is 16.5. The van der Waals surface area contributed by atoms with Crippen molar-refractivity contribution in [1.29, 1.82) is 0 Å². The normalized spacial score (nSPS) is 10.5. The number of nitrogens with two attached hydrogens (primary N) is 1. The van der Waals surface area contributed by atoms with E-state index in [1.807, 2.05) is 78.9 Å². The quantitative estimate of drug-likeness (QED) is 0.384. The minimum absolute atomic E-state index is 0.427. The van der Waals surface area contributed by atoms with Crippen LogP contribution in [0.25, 0.3) is 0 Å². The predicted molar refractivity (Wildman–Crippen MR) is 129 cm³/mol. The summed E-state index contributed by atoms with van der Waals surface area (Å²) in [7, 11) is 0. The molecule has 0 spiro atoms. The van der Waals surface area contributed by atoms with Crippen LogP contribution in [0.4, 0.5) is 5.69 Å². The van der Waals surface area contributed by atoms with Gasteiger partial charge in [0.2, 0.25) is 0 Å². The van der Waals surface area contributed by atoms with E-state index >= 15 is 0 Å². The Labute approximate surface area is 188 Å². The van der Waals surface area contributed by atoms with Crippen molar-refractivity contribution in [1.82, 2.24) is 0 Å². The molecule has 0 fully saturated rings. The van der Waals surface area contributed by atoms with Gasteiger partial charge in [-0.3, -0.25) is 4.79 Å². The summed E-state index contributed by atoms with van der Waals surface area (Å²) in [6.45, 7) is 1.73. The summed E-state index contributed by atoms with van der Waals surface area (Å²) in [5.41, 5.74) is 10.4. The molecule has 0 aliphatic rings. The highest BCUT2D eigenvalue weighted by molar-refractivity contribution is 5.99. The summed E-state index contributed by atoms with van der Waals surface area (Å²) in [4.78, 5) is 14.6. The van der Waals surface area contributed by atoms with Gasteiger partial charge in [0.25, 0.3) is 5.91 Å². The number of hydrogen-bond acceptors (Lipinski definition) is 3. The van der Waals surface area contributed by atoms with Crippen LogP contribution in [-0.2, 0) is 19.7 Å². The van der Waals surface area contributed by atoms with E-state index in [-0.39, 0.29) is 0 Å². The van der Waals surface area contributed by atoms with Crippen molar-refractivity contribution in [2.45, 2.75) is 19.7 Å². The number of rotatable bonds is 9. The number of amides is 1. The zero-order valence-corrected chi connectivity index (χ0v) is 17.9. The Morgan fingerprint density at radius 1 is 0.688 bits per heavy atom. The molecule has 4 heteroatoms. The molecule has 4 aromatic rings. The third kappa shape index (κ3) is 5.55. The molecule has 0 aliphatic carbocycles. The lowest BCUT2D eigenvalue weighted by Gasteiger charge is -2.27. The summed E-state index contributed by atoms with van der Waals surface area (Å²) in [5.74, 6) is 0.141. The molecule has 0 radical (unpaired) electrons. The van der Waals surface area contributed by atoms with Crippen LogP contribution in [0.2, 0.25) is 0 Å². The zero-order chi connectivity index (χ0) is 22.2. The molecule has 160 valence electrons. The molecule has 4 aromatic carbocycles. The van der Waals surface area contributed by atoms with E-state index in [0.717, 1.165) is 22.4 Å². The van der Waals surface area contributed by atoms with Crippen LogP contribution in [0.15, 0.2) is 109 Å². The molecule has 2 N–H and O–H groups in total. The maximum absolute atomic E-state index is 12.4. The molecule has 0 heterocycles. The van der Waals surface area contributed by atoms with Crippen LogP contribution in [-0.4, -0.2) is 5.91 Å². The van der Waals surface area contributed by atoms with Gasteiger partial charge in [-0.2, -0.15) is 0 Å². The molecule has 4 rings (SSSR count). The van der Waals surface area contributed by atoms with Gasteiger partial charge in [0.1, 0.15) is 12.4 Å². The van der Waals surface area contributed by atoms with E-state index in [1.165, 1.54) is 0 Å². The molecule has 32 heavy (non-hydrogen) atoms. The van der Waals surface area contributed by atoms with Crippen molar-refractivity contribution in [3.8, 4) is 5.75 Å². The molecule has 0 atom stereocenters. The first-order chi connectivity index (χ1) is 15.7. The van der Waals surface area contributed by atoms with Gasteiger partial charge in [-0.05, 0) is 34.9 Å². The number of benzene rings is 4. The fourth-order valence-electron chi connectivity index (χ4n) is 3.65. The lowest BCUT2D eigenvalue weighted by Crippen LogP contribution is -2.26. The van der Waals surface area contributed by atoms with Gasteiger partial charge >= 0.3 is 0 Å². The van der Waals surface area contributed by atoms with Crippen LogP contribution in [0.3, 0.4) is 0 Å². The van der Waals surface area contributed by atoms with E-state index in [0.29, 0.717) is 31.0 Å². The van der Waals surface area contributed by atoms with Crippen LogP contribution < -0.4 is 15.4 Å². The SMILES string of the molecule is NC(=O)c1cc(OCc2ccccc2)ccc1N(Cc1ccccc1)Cc1ccccc1. The Bertz CT molecular complexity index is 1100. The van der Waals surface area contributed by atoms with Gasteiger partial charge in [-0.1, -0.05) is 91.0 Å². The first-order valence-corrected chi connectivity index (χ1v) is 10.6. The Morgan fingerprint density at radius 3 is 1.69 bits per heavy atom. The molecule has 0 saturated carbocycles. The predicted octanol–water partition coefficient (Wildman–Crippen LogP) is 5.57. The van der Waals surface area contributed by atoms with E-state index in [4.69, 9.17) is 10.5 Å². The lowest BCUT2D eigenvalue weighted by molar-refractivity contribution is 0.1000. The summed E-state index contributed by atoms with van der Waals surface area (Å²) in [5, 5.41) is 0. The molecule has 0 unspecified atom stereocenters. The second-order valence-corrected chi connectivity index (χ2v) is 7.64. The minimum atomic E-state index is -0.476. The lowest BCUT2D eigenvalue weighted by atomic mass is 10.1. The Kier molecular flexibility index (Phi) is 6.83. The highest BCUT2D eigenvalue weighted by Gasteiger charge is 2.17. The van der Waals surface area contributed by atoms with Gasteiger partial charge < -0.3 is 15.4 Å². The summed E-state index contributed by atoms with van der Waals surface area (Å²) in [6.07, 6.45) is 0. The average molecular weight is 423 g/mol. The minimum Gasteiger partial charge on any atom is -0.489 e. The topological polar surface area (TPSA) is 55.6 Å². The summed E-state index contributed by atoms with van der Waals surface area (Å²) >= 11 is 0. The molecule has 0 aromatic heterocycles. The number of primary amides is 1. The Morgan fingerprint density at radius 2 is 1.19 bits per heavy atom. The number of nitrogens with zero attached hydrogens (tertiary/aromatic N) is 1. The maximum Gasteiger partial charge on any atom is 0.250 e. The zero-order valence-electron chi connectivity index (χ0n) is 17.9. The van der Waals surface area contributed by atoms with Crippen LogP contribution >= 0.6 is 0 Å². The fourth-order valence-corrected chi connectivity index (χ4v) is 3.65. The van der Waals surface area contributed by atoms with Crippen LogP contribution in [0.1, 0.15) is 27.0 Å². The van der Waals surface area contributed by atoms with Gasteiger partial charge in [-0.25, -0.2) is 0 Å². The van der Waals surface area contributed by atoms with Crippen molar-refractivity contribution < 1.29 is 9.53 Å². The van der Waals surface area contributed by atoms with Gasteiger partial charge in [0.15, 0.2) is 0 Å². The van der Waals surface area contributed by atoms with Crippen LogP contribution in [0.5, 0.6) is 5.75 Å². The number of hydrogen-bond donors (Lipinski definition) is 1. The first kappa shape index (κ1) is 21.2. The van der Waals surface area contributed by atoms with E-state index in [1.54, 1.807) is 6.07 Å². The van der Waals surface area contributed by atoms with Crippen molar-refractivity contribution >= 4 is 11.6 Å². The monoisotopic (exact) mass is 422 g/mol. The van der Waals surface area contributed by atoms with Crippen molar-refractivity contribution in [3.05, 3.63) is 131 Å². The molecule has 4 nitrogen and oxygen atoms in total. The highest BCUT2D eigenvalue weighted by Crippen LogP contribution is 2.29. The van der Waals surface area contributed by atoms with Gasteiger partial charge in [0.05, 0.1) is 11.3 Å². The van der Waals surface area contributed by atoms with Crippen molar-refractivity contribution in [2.75, 3.05) is 4.90 Å². The standard InChI is InChI=1S/C28H26N2O2/c29-28(31)26-18-25(32-21-24-14-8-3-9-15-24)16-17-27(26)30(19-22-10-4-1-5-11-22)20-23-12-6-2-7-13-23/h1-18H,19-21H2,(H2,29,31). The van der Waals surface area contributed by atoms with Crippen molar-refractivity contribution in [2.24, 2.45) is 5.73 Å². The average Bonchev–Trinajstić information content (AvgIpc) is 2.84. The van der Waals surface area contributed by atoms with Gasteiger partial charge in [-0.15, -0.1) is 0 Å². The Balaban J connectivity index is 1.63. The molecular formula is C28H26N2O2. The number of ether oxygens (including phenoxy) is 1. The molecular weight excluding hydrogens is 396 g/mol. The van der Waals surface area contributed by atoms with E-state index < -0.39 is 5.91 Å². The van der Waals surface area contributed by atoms with Gasteiger partial charge in [0, 0.05) is 13.1 Å². The smallest absolute Gasteiger partial charge is 0.250 e. The third-order valence-electron chi connectivity index (χ3n) is 5.26. The molecule has 0 saturated heterocycles. The summed E-state index contributed by atoms with van der Waals surface area (Å²) < 4.78 is 5.93. The van der Waals surface area contributed by atoms with Crippen LogP contribution in [0, 0.1) is 0 Å². The largest absolute Gasteiger partial charge is 0.489 e. The Hall–Kier alpha value is -4.05.